The molecule has 0 aliphatic heterocycles. The van der Waals surface area contributed by atoms with Gasteiger partial charge in [-0.3, -0.25) is 29.3 Å². The number of hydrogen-bond donors (Lipinski definition) is 6. The summed E-state index contributed by atoms with van der Waals surface area (Å²) in [6.45, 7) is 0.720. The molecule has 0 spiro atoms. The molecule has 47 heavy (non-hydrogen) atoms. The van der Waals surface area contributed by atoms with Gasteiger partial charge in [-0.1, -0.05) is 30.3 Å². The van der Waals surface area contributed by atoms with E-state index in [9.17, 15) is 29.3 Å². The fourth-order valence-corrected chi connectivity index (χ4v) is 5.32. The number of rotatable bonds is 19. The third-order valence-electron chi connectivity index (χ3n) is 7.64. The topological polar surface area (TPSA) is 218 Å². The predicted octanol–water partition coefficient (Wildman–Crippen LogP) is 0.544. The predicted molar refractivity (Wildman–Crippen MR) is 170 cm³/mol. The van der Waals surface area contributed by atoms with Crippen LogP contribution in [0.1, 0.15) is 24.8 Å². The maximum Gasteiger partial charge on any atom is 0.269 e. The highest BCUT2D eigenvalue weighted by molar-refractivity contribution is 5.98. The van der Waals surface area contributed by atoms with E-state index in [-0.39, 0.29) is 95.9 Å². The van der Waals surface area contributed by atoms with Crippen molar-refractivity contribution in [1.82, 2.24) is 16.0 Å². The Balaban J connectivity index is 1.74. The van der Waals surface area contributed by atoms with E-state index in [4.69, 9.17) is 19.7 Å². The van der Waals surface area contributed by atoms with Crippen molar-refractivity contribution in [3.63, 3.8) is 0 Å². The van der Waals surface area contributed by atoms with Crippen LogP contribution < -0.4 is 21.3 Å². The van der Waals surface area contributed by atoms with Crippen molar-refractivity contribution in [2.24, 2.45) is 17.8 Å². The van der Waals surface area contributed by atoms with E-state index < -0.39 is 40.5 Å². The monoisotopic (exact) mass is 657 g/mol. The molecule has 1 unspecified atom stereocenters. The zero-order valence-electron chi connectivity index (χ0n) is 26.1. The standard InChI is InChI=1S/C32H43N5O10/c38-12-16-46-14-10-33-29(40)23-19-24(30(41)34-11-15-47-17-13-39)21-25(20-23)31(42)36-28(18-22-4-2-1-3-5-22)32(43)35-26-6-8-27(9-7-26)37(44)45/h1-9,23-25,28,38-39H,10-21H2,(H,33,40)(H,34,41)(H,35,43)(H,36,42)/t23-,24+,25-,28?. The molecule has 256 valence electrons. The van der Waals surface area contributed by atoms with Crippen LogP contribution in [-0.4, -0.2) is 97.5 Å². The van der Waals surface area contributed by atoms with Crippen LogP contribution in [-0.2, 0) is 35.1 Å². The molecule has 1 aliphatic carbocycles. The summed E-state index contributed by atoms with van der Waals surface area (Å²) in [6, 6.07) is 13.3. The van der Waals surface area contributed by atoms with Gasteiger partial charge in [-0.15, -0.1) is 0 Å². The van der Waals surface area contributed by atoms with Crippen LogP contribution in [0.25, 0.3) is 0 Å². The Bertz CT molecular complexity index is 1280. The van der Waals surface area contributed by atoms with Crippen LogP contribution in [0.3, 0.4) is 0 Å². The quantitative estimate of drug-likeness (QED) is 0.0700. The molecule has 2 aromatic carbocycles. The molecule has 3 rings (SSSR count). The number of hydrogen-bond acceptors (Lipinski definition) is 10. The highest BCUT2D eigenvalue weighted by Gasteiger charge is 2.40. The van der Waals surface area contributed by atoms with Crippen molar-refractivity contribution in [2.45, 2.75) is 31.7 Å². The van der Waals surface area contributed by atoms with Gasteiger partial charge >= 0.3 is 0 Å². The minimum absolute atomic E-state index is 0.133. The van der Waals surface area contributed by atoms with Gasteiger partial charge in [-0.2, -0.15) is 0 Å². The summed E-state index contributed by atoms with van der Waals surface area (Å²) in [6.07, 6.45) is 0.666. The van der Waals surface area contributed by atoms with Gasteiger partial charge in [-0.05, 0) is 37.0 Å². The Morgan fingerprint density at radius 1 is 0.766 bits per heavy atom. The van der Waals surface area contributed by atoms with E-state index in [1.807, 2.05) is 18.2 Å². The van der Waals surface area contributed by atoms with Crippen LogP contribution in [0.2, 0.25) is 0 Å². The van der Waals surface area contributed by atoms with E-state index in [0.29, 0.717) is 5.69 Å². The van der Waals surface area contributed by atoms with Gasteiger partial charge in [0.25, 0.3) is 5.69 Å². The van der Waals surface area contributed by atoms with Crippen molar-refractivity contribution >= 4 is 35.0 Å². The zero-order valence-corrected chi connectivity index (χ0v) is 26.1. The minimum Gasteiger partial charge on any atom is -0.394 e. The average molecular weight is 658 g/mol. The number of nitrogens with one attached hydrogen (secondary N) is 4. The Hall–Kier alpha value is -4.44. The fourth-order valence-electron chi connectivity index (χ4n) is 5.32. The van der Waals surface area contributed by atoms with E-state index >= 15 is 0 Å². The summed E-state index contributed by atoms with van der Waals surface area (Å²) in [7, 11) is 0. The molecule has 0 saturated heterocycles. The zero-order chi connectivity index (χ0) is 34.0. The van der Waals surface area contributed by atoms with Gasteiger partial charge in [0.05, 0.1) is 44.6 Å². The summed E-state index contributed by atoms with van der Waals surface area (Å²) in [5, 5.41) is 39.8. The lowest BCUT2D eigenvalue weighted by atomic mass is 9.74. The molecule has 15 nitrogen and oxygen atoms in total. The van der Waals surface area contributed by atoms with Crippen LogP contribution in [0.15, 0.2) is 54.6 Å². The highest BCUT2D eigenvalue weighted by Crippen LogP contribution is 2.34. The van der Waals surface area contributed by atoms with Crippen LogP contribution in [0.5, 0.6) is 0 Å². The second-order valence-electron chi connectivity index (χ2n) is 11.1. The number of aliphatic hydroxyl groups is 2. The molecule has 1 aliphatic rings. The first-order chi connectivity index (χ1) is 22.7. The number of non-ortho nitro benzene ring substituents is 1. The van der Waals surface area contributed by atoms with E-state index in [2.05, 4.69) is 21.3 Å². The Morgan fingerprint density at radius 2 is 1.28 bits per heavy atom. The van der Waals surface area contributed by atoms with Gasteiger partial charge < -0.3 is 41.0 Å². The number of nitro groups is 1. The molecule has 4 atom stereocenters. The fraction of sp³-hybridized carbons (Fsp3) is 0.500. The summed E-state index contributed by atoms with van der Waals surface area (Å²) >= 11 is 0. The molecule has 1 fully saturated rings. The van der Waals surface area contributed by atoms with Gasteiger partial charge in [0.15, 0.2) is 0 Å². The third kappa shape index (κ3) is 12.7. The van der Waals surface area contributed by atoms with Gasteiger partial charge in [-0.25, -0.2) is 0 Å². The normalized spacial score (nSPS) is 18.0. The number of anilines is 1. The molecule has 2 aromatic rings. The lowest BCUT2D eigenvalue weighted by molar-refractivity contribution is -0.384. The van der Waals surface area contributed by atoms with Gasteiger partial charge in [0.1, 0.15) is 6.04 Å². The van der Waals surface area contributed by atoms with Crippen molar-refractivity contribution in [3.8, 4) is 0 Å². The van der Waals surface area contributed by atoms with Gasteiger partial charge in [0.2, 0.25) is 23.6 Å². The summed E-state index contributed by atoms with van der Waals surface area (Å²) < 4.78 is 10.4. The molecule has 4 amide bonds. The lowest BCUT2D eigenvalue weighted by Gasteiger charge is -2.33. The highest BCUT2D eigenvalue weighted by atomic mass is 16.6. The Labute approximate surface area is 272 Å². The average Bonchev–Trinajstić information content (AvgIpc) is 3.08. The maximum absolute atomic E-state index is 13.8. The molecule has 0 heterocycles. The Morgan fingerprint density at radius 3 is 1.77 bits per heavy atom. The van der Waals surface area contributed by atoms with Crippen LogP contribution >= 0.6 is 0 Å². The SMILES string of the molecule is O=C(Nc1ccc([N+](=O)[O-])cc1)C(Cc1ccccc1)NC(=O)[C@@H]1C[C@H](C(=O)NCCOCCO)C[C@H](C(=O)NCCOCCO)C1. The number of benzene rings is 2. The molecular weight excluding hydrogens is 614 g/mol. The second kappa shape index (κ2) is 19.9. The number of carbonyl (C=O) groups is 4. The molecule has 0 bridgehead atoms. The summed E-state index contributed by atoms with van der Waals surface area (Å²) in [4.78, 5) is 63.9. The van der Waals surface area contributed by atoms with E-state index in [1.54, 1.807) is 12.1 Å². The second-order valence-corrected chi connectivity index (χ2v) is 11.1. The van der Waals surface area contributed by atoms with Gasteiger partial charge in [0, 0.05) is 55.1 Å². The Kier molecular flexibility index (Phi) is 15.7. The van der Waals surface area contributed by atoms with Crippen LogP contribution in [0.4, 0.5) is 11.4 Å². The number of nitrogens with zero attached hydrogens (tertiary/aromatic N) is 1. The van der Waals surface area contributed by atoms with Crippen molar-refractivity contribution in [1.29, 1.82) is 0 Å². The molecule has 0 radical (unpaired) electrons. The molecule has 0 aromatic heterocycles. The number of carbonyl (C=O) groups excluding carboxylic acids is 4. The summed E-state index contributed by atoms with van der Waals surface area (Å²) in [5.41, 5.74) is 0.952. The molecule has 15 heteroatoms. The number of aliphatic hydroxyl groups excluding tert-OH is 2. The molecular formula is C32H43N5O10. The van der Waals surface area contributed by atoms with Crippen molar-refractivity contribution < 1.29 is 43.8 Å². The van der Waals surface area contributed by atoms with Crippen molar-refractivity contribution in [3.05, 3.63) is 70.3 Å². The summed E-state index contributed by atoms with van der Waals surface area (Å²) in [5.74, 6) is -3.80. The molecule has 6 N–H and O–H groups in total. The van der Waals surface area contributed by atoms with Crippen LogP contribution in [0, 0.1) is 27.9 Å². The molecule has 1 saturated carbocycles. The minimum atomic E-state index is -1.03. The first-order valence-corrected chi connectivity index (χ1v) is 15.5. The largest absolute Gasteiger partial charge is 0.394 e. The lowest BCUT2D eigenvalue weighted by Crippen LogP contribution is -2.50. The number of amides is 4. The third-order valence-corrected chi connectivity index (χ3v) is 7.64. The first-order valence-electron chi connectivity index (χ1n) is 15.5. The van der Waals surface area contributed by atoms with E-state index in [0.717, 1.165) is 5.56 Å². The number of ether oxygens (including phenoxy) is 2. The smallest absolute Gasteiger partial charge is 0.269 e. The maximum atomic E-state index is 13.8. The number of nitro benzene ring substituents is 1. The van der Waals surface area contributed by atoms with E-state index in [1.165, 1.54) is 24.3 Å². The first kappa shape index (κ1) is 37.0. The van der Waals surface area contributed by atoms with Crippen molar-refractivity contribution in [2.75, 3.05) is 58.0 Å².